The molecule has 124 valence electrons. The highest BCUT2D eigenvalue weighted by atomic mass is 15.2. The van der Waals surface area contributed by atoms with E-state index < -0.39 is 0 Å². The molecular formula is C18H22N6. The van der Waals surface area contributed by atoms with Gasteiger partial charge in [0.15, 0.2) is 11.6 Å². The van der Waals surface area contributed by atoms with Crippen LogP contribution in [-0.4, -0.2) is 27.1 Å². The third kappa shape index (κ3) is 3.71. The van der Waals surface area contributed by atoms with Crippen molar-refractivity contribution in [1.82, 2.24) is 14.6 Å². The van der Waals surface area contributed by atoms with Gasteiger partial charge < -0.3 is 11.1 Å². The molecule has 2 aromatic heterocycles. The Morgan fingerprint density at radius 1 is 1.21 bits per heavy atom. The topological polar surface area (TPSA) is 80.6 Å². The summed E-state index contributed by atoms with van der Waals surface area (Å²) in [5, 5.41) is 11.5. The molecule has 0 saturated heterocycles. The van der Waals surface area contributed by atoms with Crippen LogP contribution >= 0.6 is 0 Å². The minimum atomic E-state index is 0.407. The first-order valence-electron chi connectivity index (χ1n) is 8.09. The number of benzene rings is 1. The Bertz CT molecular complexity index is 849. The SMILES string of the molecule is CC(C)c1cccc(NC(N)=NCCc2nnc3ccccn23)c1. The molecule has 0 unspecified atom stereocenters. The Labute approximate surface area is 141 Å². The Hall–Kier alpha value is -2.89. The smallest absolute Gasteiger partial charge is 0.193 e. The number of nitrogens with zero attached hydrogens (tertiary/aromatic N) is 4. The molecule has 2 heterocycles. The molecule has 0 spiro atoms. The van der Waals surface area contributed by atoms with Crippen molar-refractivity contribution < 1.29 is 0 Å². The van der Waals surface area contributed by atoms with Crippen LogP contribution in [0.3, 0.4) is 0 Å². The molecule has 6 heteroatoms. The number of hydrogen-bond donors (Lipinski definition) is 2. The molecule has 0 radical (unpaired) electrons. The minimum Gasteiger partial charge on any atom is -0.370 e. The Morgan fingerprint density at radius 2 is 2.08 bits per heavy atom. The maximum Gasteiger partial charge on any atom is 0.193 e. The van der Waals surface area contributed by atoms with Crippen molar-refractivity contribution in [3.63, 3.8) is 0 Å². The quantitative estimate of drug-likeness (QED) is 0.559. The van der Waals surface area contributed by atoms with Gasteiger partial charge in [-0.3, -0.25) is 9.39 Å². The summed E-state index contributed by atoms with van der Waals surface area (Å²) in [6, 6.07) is 14.0. The first kappa shape index (κ1) is 16.0. The van der Waals surface area contributed by atoms with E-state index in [2.05, 4.69) is 46.5 Å². The van der Waals surface area contributed by atoms with Gasteiger partial charge in [-0.15, -0.1) is 10.2 Å². The summed E-state index contributed by atoms with van der Waals surface area (Å²) in [5.74, 6) is 1.76. The molecule has 0 saturated carbocycles. The highest BCUT2D eigenvalue weighted by molar-refractivity contribution is 5.92. The van der Waals surface area contributed by atoms with Crippen LogP contribution in [0.1, 0.15) is 31.2 Å². The lowest BCUT2D eigenvalue weighted by molar-refractivity contribution is 0.847. The molecule has 0 amide bonds. The van der Waals surface area contributed by atoms with Crippen molar-refractivity contribution >= 4 is 17.3 Å². The van der Waals surface area contributed by atoms with E-state index in [1.807, 2.05) is 40.9 Å². The van der Waals surface area contributed by atoms with Crippen LogP contribution in [0, 0.1) is 0 Å². The monoisotopic (exact) mass is 322 g/mol. The normalized spacial score (nSPS) is 12.0. The molecule has 6 nitrogen and oxygen atoms in total. The predicted octanol–water partition coefficient (Wildman–Crippen LogP) is 2.82. The number of hydrogen-bond acceptors (Lipinski definition) is 3. The second-order valence-corrected chi connectivity index (χ2v) is 5.97. The van der Waals surface area contributed by atoms with Crippen LogP contribution < -0.4 is 11.1 Å². The first-order valence-corrected chi connectivity index (χ1v) is 8.09. The lowest BCUT2D eigenvalue weighted by Crippen LogP contribution is -2.23. The second-order valence-electron chi connectivity index (χ2n) is 5.97. The predicted molar refractivity (Wildman–Crippen MR) is 97.3 cm³/mol. The van der Waals surface area contributed by atoms with E-state index in [-0.39, 0.29) is 0 Å². The lowest BCUT2D eigenvalue weighted by Gasteiger charge is -2.09. The summed E-state index contributed by atoms with van der Waals surface area (Å²) in [6.07, 6.45) is 2.63. The number of aliphatic imine (C=N–C) groups is 1. The highest BCUT2D eigenvalue weighted by Crippen LogP contribution is 2.18. The van der Waals surface area contributed by atoms with E-state index in [4.69, 9.17) is 5.73 Å². The van der Waals surface area contributed by atoms with E-state index in [1.54, 1.807) is 0 Å². The molecular weight excluding hydrogens is 300 g/mol. The summed E-state index contributed by atoms with van der Waals surface area (Å²) in [5.41, 5.74) is 9.04. The zero-order chi connectivity index (χ0) is 16.9. The fourth-order valence-corrected chi connectivity index (χ4v) is 2.50. The van der Waals surface area contributed by atoms with Gasteiger partial charge in [0.05, 0.1) is 0 Å². The fourth-order valence-electron chi connectivity index (χ4n) is 2.50. The van der Waals surface area contributed by atoms with Gasteiger partial charge in [-0.25, -0.2) is 0 Å². The van der Waals surface area contributed by atoms with E-state index in [9.17, 15) is 0 Å². The fraction of sp³-hybridized carbons (Fsp3) is 0.278. The molecule has 3 N–H and O–H groups in total. The lowest BCUT2D eigenvalue weighted by atomic mass is 10.0. The van der Waals surface area contributed by atoms with Gasteiger partial charge in [0.2, 0.25) is 0 Å². The van der Waals surface area contributed by atoms with Gasteiger partial charge in [-0.1, -0.05) is 32.0 Å². The average molecular weight is 322 g/mol. The van der Waals surface area contributed by atoms with E-state index >= 15 is 0 Å². The highest BCUT2D eigenvalue weighted by Gasteiger charge is 2.04. The van der Waals surface area contributed by atoms with E-state index in [0.29, 0.717) is 24.8 Å². The van der Waals surface area contributed by atoms with Gasteiger partial charge in [0.25, 0.3) is 0 Å². The number of guanidine groups is 1. The summed E-state index contributed by atoms with van der Waals surface area (Å²) < 4.78 is 1.96. The van der Waals surface area contributed by atoms with E-state index in [1.165, 1.54) is 5.56 Å². The summed E-state index contributed by atoms with van der Waals surface area (Å²) >= 11 is 0. The molecule has 0 aliphatic heterocycles. The minimum absolute atomic E-state index is 0.407. The molecule has 3 aromatic rings. The van der Waals surface area contributed by atoms with Gasteiger partial charge >= 0.3 is 0 Å². The van der Waals surface area contributed by atoms with E-state index in [0.717, 1.165) is 17.2 Å². The largest absolute Gasteiger partial charge is 0.370 e. The Kier molecular flexibility index (Phi) is 4.74. The number of rotatable bonds is 5. The Morgan fingerprint density at radius 3 is 2.92 bits per heavy atom. The van der Waals surface area contributed by atoms with Gasteiger partial charge in [-0.05, 0) is 35.7 Å². The van der Waals surface area contributed by atoms with Crippen molar-refractivity contribution in [3.8, 4) is 0 Å². The second kappa shape index (κ2) is 7.12. The molecule has 3 rings (SSSR count). The summed E-state index contributed by atoms with van der Waals surface area (Å²) in [7, 11) is 0. The molecule has 0 aliphatic rings. The molecule has 24 heavy (non-hydrogen) atoms. The number of aromatic nitrogens is 3. The van der Waals surface area contributed by atoms with Gasteiger partial charge in [0.1, 0.15) is 5.82 Å². The molecule has 0 aliphatic carbocycles. The first-order chi connectivity index (χ1) is 11.6. The van der Waals surface area contributed by atoms with Gasteiger partial charge in [-0.2, -0.15) is 0 Å². The van der Waals surface area contributed by atoms with Gasteiger partial charge in [0, 0.05) is 24.8 Å². The maximum absolute atomic E-state index is 5.98. The summed E-state index contributed by atoms with van der Waals surface area (Å²) in [4.78, 5) is 4.38. The number of pyridine rings is 1. The van der Waals surface area contributed by atoms with Crippen LogP contribution in [0.2, 0.25) is 0 Å². The van der Waals surface area contributed by atoms with Crippen LogP contribution in [0.25, 0.3) is 5.65 Å². The standard InChI is InChI=1S/C18H22N6/c1-13(2)14-6-5-7-15(12-14)21-18(19)20-10-9-17-23-22-16-8-3-4-11-24(16)17/h3-8,11-13H,9-10H2,1-2H3,(H3,19,20,21). The maximum atomic E-state index is 5.98. The number of anilines is 1. The summed E-state index contributed by atoms with van der Waals surface area (Å²) in [6.45, 7) is 4.89. The van der Waals surface area contributed by atoms with Crippen molar-refractivity contribution in [2.24, 2.45) is 10.7 Å². The van der Waals surface area contributed by atoms with Crippen LogP contribution in [-0.2, 0) is 6.42 Å². The van der Waals surface area contributed by atoms with Crippen molar-refractivity contribution in [2.45, 2.75) is 26.2 Å². The average Bonchev–Trinajstić information content (AvgIpc) is 2.98. The van der Waals surface area contributed by atoms with Crippen molar-refractivity contribution in [1.29, 1.82) is 0 Å². The van der Waals surface area contributed by atoms with Crippen LogP contribution in [0.15, 0.2) is 53.7 Å². The van der Waals surface area contributed by atoms with Crippen LogP contribution in [0.4, 0.5) is 5.69 Å². The number of nitrogens with two attached hydrogens (primary N) is 1. The third-order valence-electron chi connectivity index (χ3n) is 3.83. The molecule has 0 bridgehead atoms. The third-order valence-corrected chi connectivity index (χ3v) is 3.83. The number of fused-ring (bicyclic) bond motifs is 1. The van der Waals surface area contributed by atoms with Crippen LogP contribution in [0.5, 0.6) is 0 Å². The molecule has 1 aromatic carbocycles. The zero-order valence-corrected chi connectivity index (χ0v) is 14.0. The number of nitrogens with one attached hydrogen (secondary N) is 1. The van der Waals surface area contributed by atoms with Crippen molar-refractivity contribution in [3.05, 3.63) is 60.0 Å². The zero-order valence-electron chi connectivity index (χ0n) is 14.0. The Balaban J connectivity index is 1.61. The molecule has 0 fully saturated rings. The van der Waals surface area contributed by atoms with Crippen molar-refractivity contribution in [2.75, 3.05) is 11.9 Å². The molecule has 0 atom stereocenters.